The molecule has 0 unspecified atom stereocenters. The van der Waals surface area contributed by atoms with Crippen molar-refractivity contribution in [2.24, 2.45) is 4.99 Å². The summed E-state index contributed by atoms with van der Waals surface area (Å²) >= 11 is 0. The lowest BCUT2D eigenvalue weighted by Crippen LogP contribution is -2.54. The molecule has 1 aliphatic heterocycles. The highest BCUT2D eigenvalue weighted by atomic mass is 127. The molecule has 1 N–H and O–H groups in total. The number of imidazole rings is 1. The van der Waals surface area contributed by atoms with Gasteiger partial charge in [0.2, 0.25) is 10.0 Å². The minimum Gasteiger partial charge on any atom is -0.378 e. The fraction of sp³-hybridized carbons (Fsp3) is 0.765. The average molecular weight is 564 g/mol. The van der Waals surface area contributed by atoms with Crippen molar-refractivity contribution in [1.82, 2.24) is 24.1 Å². The summed E-state index contributed by atoms with van der Waals surface area (Å²) in [6, 6.07) is 0. The van der Waals surface area contributed by atoms with Gasteiger partial charge in [0.1, 0.15) is 12.4 Å². The topological polar surface area (TPSA) is 92.1 Å². The van der Waals surface area contributed by atoms with Crippen molar-refractivity contribution in [1.29, 1.82) is 0 Å². The van der Waals surface area contributed by atoms with Crippen molar-refractivity contribution >= 4 is 40.0 Å². The molecule has 1 aliphatic rings. The number of halogens is 3. The molecule has 0 spiro atoms. The van der Waals surface area contributed by atoms with Crippen molar-refractivity contribution in [2.75, 3.05) is 45.1 Å². The molecule has 0 saturated carbocycles. The lowest BCUT2D eigenvalue weighted by Gasteiger charge is -2.35. The van der Waals surface area contributed by atoms with E-state index in [0.29, 0.717) is 38.7 Å². The summed E-state index contributed by atoms with van der Waals surface area (Å²) in [5.41, 5.74) is 0. The van der Waals surface area contributed by atoms with Gasteiger partial charge in [-0.25, -0.2) is 18.4 Å². The number of aliphatic imine (C=N–C) groups is 1. The van der Waals surface area contributed by atoms with E-state index in [1.165, 1.54) is 16.7 Å². The van der Waals surface area contributed by atoms with Crippen LogP contribution in [0.1, 0.15) is 33.1 Å². The summed E-state index contributed by atoms with van der Waals surface area (Å²) < 4.78 is 58.4. The molecule has 0 bridgehead atoms. The zero-order chi connectivity index (χ0) is 21.4. The van der Waals surface area contributed by atoms with Crippen LogP contribution in [0.15, 0.2) is 17.4 Å². The SMILES string of the molecule is CCNC(=NCc1nccn1C(F)F)N1CCN(S(=O)(=O)CCOC(C)C)CC1.I. The number of sulfonamides is 1. The van der Waals surface area contributed by atoms with Crippen molar-refractivity contribution in [3.63, 3.8) is 0 Å². The van der Waals surface area contributed by atoms with Crippen LogP contribution in [0.4, 0.5) is 8.78 Å². The number of piperazine rings is 1. The van der Waals surface area contributed by atoms with Crippen LogP contribution < -0.4 is 5.32 Å². The number of aromatic nitrogens is 2. The Morgan fingerprint density at radius 2 is 1.97 bits per heavy atom. The summed E-state index contributed by atoms with van der Waals surface area (Å²) in [5.74, 6) is 0.675. The molecule has 0 amide bonds. The highest BCUT2D eigenvalue weighted by molar-refractivity contribution is 14.0. The van der Waals surface area contributed by atoms with E-state index < -0.39 is 16.6 Å². The van der Waals surface area contributed by atoms with Crippen molar-refractivity contribution in [2.45, 2.75) is 40.0 Å². The van der Waals surface area contributed by atoms with Gasteiger partial charge in [-0.15, -0.1) is 24.0 Å². The second-order valence-electron chi connectivity index (χ2n) is 6.82. The summed E-state index contributed by atoms with van der Waals surface area (Å²) in [5, 5.41) is 3.13. The van der Waals surface area contributed by atoms with Crippen LogP contribution in [0.25, 0.3) is 0 Å². The van der Waals surface area contributed by atoms with Gasteiger partial charge in [0, 0.05) is 45.1 Å². The lowest BCUT2D eigenvalue weighted by molar-refractivity contribution is 0.0670. The van der Waals surface area contributed by atoms with Crippen LogP contribution in [0, 0.1) is 0 Å². The Morgan fingerprint density at radius 3 is 2.53 bits per heavy atom. The summed E-state index contributed by atoms with van der Waals surface area (Å²) in [4.78, 5) is 10.3. The second kappa shape index (κ2) is 12.7. The molecule has 1 saturated heterocycles. The van der Waals surface area contributed by atoms with E-state index in [1.807, 2.05) is 25.7 Å². The smallest absolute Gasteiger partial charge is 0.319 e. The van der Waals surface area contributed by atoms with Crippen LogP contribution >= 0.6 is 24.0 Å². The van der Waals surface area contributed by atoms with E-state index in [4.69, 9.17) is 4.74 Å². The first-order valence-electron chi connectivity index (χ1n) is 9.67. The zero-order valence-corrected chi connectivity index (χ0v) is 20.6. The third-order valence-corrected chi connectivity index (χ3v) is 6.22. The Labute approximate surface area is 193 Å². The first-order valence-corrected chi connectivity index (χ1v) is 11.3. The molecule has 174 valence electrons. The minimum absolute atomic E-state index is 0. The molecular weight excluding hydrogens is 533 g/mol. The van der Waals surface area contributed by atoms with E-state index in [1.54, 1.807) is 0 Å². The van der Waals surface area contributed by atoms with Gasteiger partial charge in [-0.2, -0.15) is 13.1 Å². The molecule has 13 heteroatoms. The van der Waals surface area contributed by atoms with E-state index in [2.05, 4.69) is 15.3 Å². The lowest BCUT2D eigenvalue weighted by atomic mass is 10.4. The average Bonchev–Trinajstić information content (AvgIpc) is 3.14. The quantitative estimate of drug-likeness (QED) is 0.279. The third-order valence-electron chi connectivity index (χ3n) is 4.39. The number of guanidine groups is 1. The van der Waals surface area contributed by atoms with Gasteiger partial charge < -0.3 is 15.0 Å². The van der Waals surface area contributed by atoms with Crippen LogP contribution in [-0.4, -0.2) is 84.3 Å². The number of hydrogen-bond acceptors (Lipinski definition) is 5. The van der Waals surface area contributed by atoms with E-state index in [-0.39, 0.29) is 54.8 Å². The Bertz CT molecular complexity index is 767. The molecule has 1 fully saturated rings. The molecule has 9 nitrogen and oxygen atoms in total. The van der Waals surface area contributed by atoms with Gasteiger partial charge in [-0.05, 0) is 20.8 Å². The molecule has 1 aromatic rings. The minimum atomic E-state index is -3.38. The summed E-state index contributed by atoms with van der Waals surface area (Å²) in [7, 11) is -3.38. The van der Waals surface area contributed by atoms with Crippen LogP contribution in [0.2, 0.25) is 0 Å². The molecule has 1 aromatic heterocycles. The molecule has 30 heavy (non-hydrogen) atoms. The van der Waals surface area contributed by atoms with Crippen LogP contribution in [0.5, 0.6) is 0 Å². The van der Waals surface area contributed by atoms with Crippen molar-refractivity contribution in [3.05, 3.63) is 18.2 Å². The number of nitrogens with one attached hydrogen (secondary N) is 1. The zero-order valence-electron chi connectivity index (χ0n) is 17.5. The maximum Gasteiger partial charge on any atom is 0.319 e. The molecule has 2 rings (SSSR count). The monoisotopic (exact) mass is 564 g/mol. The first kappa shape index (κ1) is 27.0. The molecular formula is C17H31F2IN6O3S. The van der Waals surface area contributed by atoms with Gasteiger partial charge in [0.05, 0.1) is 18.5 Å². The number of alkyl halides is 2. The largest absolute Gasteiger partial charge is 0.378 e. The standard InChI is InChI=1S/C17H30F2N6O3S.HI/c1-4-20-17(22-13-15-21-5-6-25(15)16(18)19)23-7-9-24(10-8-23)29(26,27)12-11-28-14(2)3;/h5-6,14,16H,4,7-13H2,1-3H3,(H,20,22);1H. The summed E-state index contributed by atoms with van der Waals surface area (Å²) in [6.45, 7) is 5.32. The Kier molecular flexibility index (Phi) is 11.4. The number of nitrogens with zero attached hydrogens (tertiary/aromatic N) is 5. The van der Waals surface area contributed by atoms with Gasteiger partial charge in [0.25, 0.3) is 0 Å². The van der Waals surface area contributed by atoms with E-state index in [9.17, 15) is 17.2 Å². The maximum atomic E-state index is 13.0. The van der Waals surface area contributed by atoms with Crippen LogP contribution in [0.3, 0.4) is 0 Å². The summed E-state index contributed by atoms with van der Waals surface area (Å²) in [6.07, 6.45) is 2.52. The number of ether oxygens (including phenoxy) is 1. The van der Waals surface area contributed by atoms with Crippen molar-refractivity contribution in [3.8, 4) is 0 Å². The van der Waals surface area contributed by atoms with E-state index in [0.717, 1.165) is 4.57 Å². The van der Waals surface area contributed by atoms with Gasteiger partial charge in [0.15, 0.2) is 5.96 Å². The Hall–Kier alpha value is -1.06. The number of hydrogen-bond donors (Lipinski definition) is 1. The normalized spacial score (nSPS) is 16.2. The molecule has 2 heterocycles. The predicted octanol–water partition coefficient (Wildman–Crippen LogP) is 1.73. The molecule has 0 aliphatic carbocycles. The fourth-order valence-electron chi connectivity index (χ4n) is 2.91. The van der Waals surface area contributed by atoms with E-state index >= 15 is 0 Å². The fourth-order valence-corrected chi connectivity index (χ4v) is 4.20. The maximum absolute atomic E-state index is 13.0. The Morgan fingerprint density at radius 1 is 1.30 bits per heavy atom. The van der Waals surface area contributed by atoms with Gasteiger partial charge in [-0.3, -0.25) is 4.57 Å². The molecule has 0 aromatic carbocycles. The highest BCUT2D eigenvalue weighted by Gasteiger charge is 2.28. The molecule has 0 radical (unpaired) electrons. The third kappa shape index (κ3) is 7.89. The highest BCUT2D eigenvalue weighted by Crippen LogP contribution is 2.14. The second-order valence-corrected chi connectivity index (χ2v) is 8.91. The molecule has 0 atom stereocenters. The van der Waals surface area contributed by atoms with Gasteiger partial charge in [-0.1, -0.05) is 0 Å². The van der Waals surface area contributed by atoms with Gasteiger partial charge >= 0.3 is 6.55 Å². The number of rotatable bonds is 9. The Balaban J connectivity index is 0.00000450. The predicted molar refractivity (Wildman–Crippen MR) is 122 cm³/mol. The first-order chi connectivity index (χ1) is 13.7. The van der Waals surface area contributed by atoms with Crippen molar-refractivity contribution < 1.29 is 21.9 Å². The van der Waals surface area contributed by atoms with Crippen LogP contribution in [-0.2, 0) is 21.3 Å².